The van der Waals surface area contributed by atoms with Crippen molar-refractivity contribution in [3.8, 4) is 12.3 Å². The smallest absolute Gasteiger partial charge is 0.263 e. The highest BCUT2D eigenvalue weighted by Crippen LogP contribution is 2.34. The van der Waals surface area contributed by atoms with Crippen molar-refractivity contribution in [2.24, 2.45) is 0 Å². The quantitative estimate of drug-likeness (QED) is 0.385. The highest BCUT2D eigenvalue weighted by atomic mass is 79.9. The molecule has 2 aliphatic rings. The molecule has 1 atom stereocenters. The summed E-state index contributed by atoms with van der Waals surface area (Å²) in [4.78, 5) is 15.8. The largest absolute Gasteiger partial charge is 0.348 e. The SMILES string of the molecule is C#C/C(C(=O)N(C1CC1)C1CCc2[nH]ncc2C1)=c1/ccn(CCCCBr)/c1=C/C. The summed E-state index contributed by atoms with van der Waals surface area (Å²) in [6.07, 6.45) is 19.0. The number of aromatic amines is 1. The number of terminal acetylenes is 1. The van der Waals surface area contributed by atoms with E-state index in [0.717, 1.165) is 67.4 Å². The second-order valence-electron chi connectivity index (χ2n) is 8.23. The van der Waals surface area contributed by atoms with Crippen LogP contribution in [0.3, 0.4) is 0 Å². The number of halogens is 1. The molecule has 0 aliphatic heterocycles. The second kappa shape index (κ2) is 9.26. The third-order valence-corrected chi connectivity index (χ3v) is 6.81. The Morgan fingerprint density at radius 3 is 2.93 bits per heavy atom. The molecule has 1 fully saturated rings. The first-order valence-corrected chi connectivity index (χ1v) is 12.0. The van der Waals surface area contributed by atoms with Crippen LogP contribution < -0.4 is 10.6 Å². The highest BCUT2D eigenvalue weighted by Gasteiger charge is 2.39. The number of alkyl halides is 1. The van der Waals surface area contributed by atoms with Crippen LogP contribution in [0.1, 0.15) is 50.3 Å². The molecule has 0 radical (unpaired) electrons. The van der Waals surface area contributed by atoms with E-state index in [-0.39, 0.29) is 11.9 Å². The van der Waals surface area contributed by atoms with Crippen molar-refractivity contribution in [1.29, 1.82) is 0 Å². The summed E-state index contributed by atoms with van der Waals surface area (Å²) >= 11 is 3.49. The number of fused-ring (bicyclic) bond motifs is 1. The fourth-order valence-corrected chi connectivity index (χ4v) is 4.99. The van der Waals surface area contributed by atoms with Gasteiger partial charge in [0.1, 0.15) is 0 Å². The van der Waals surface area contributed by atoms with Crippen LogP contribution in [0.25, 0.3) is 11.6 Å². The van der Waals surface area contributed by atoms with E-state index in [9.17, 15) is 4.79 Å². The van der Waals surface area contributed by atoms with Crippen molar-refractivity contribution in [3.63, 3.8) is 0 Å². The number of aryl methyl sites for hydroxylation is 2. The molecule has 1 saturated carbocycles. The van der Waals surface area contributed by atoms with Gasteiger partial charge in [0.05, 0.1) is 11.8 Å². The van der Waals surface area contributed by atoms with Gasteiger partial charge in [-0.05, 0) is 63.5 Å². The van der Waals surface area contributed by atoms with Crippen LogP contribution in [0.15, 0.2) is 18.5 Å². The summed E-state index contributed by atoms with van der Waals surface area (Å²) in [5.74, 6) is 2.77. The first-order chi connectivity index (χ1) is 14.7. The molecule has 1 unspecified atom stereocenters. The van der Waals surface area contributed by atoms with Crippen molar-refractivity contribution < 1.29 is 4.79 Å². The zero-order valence-corrected chi connectivity index (χ0v) is 19.1. The maximum atomic E-state index is 13.7. The van der Waals surface area contributed by atoms with Gasteiger partial charge in [-0.3, -0.25) is 9.89 Å². The Bertz CT molecular complexity index is 1070. The Balaban J connectivity index is 1.67. The van der Waals surface area contributed by atoms with Crippen LogP contribution in [0.5, 0.6) is 0 Å². The molecule has 5 nitrogen and oxygen atoms in total. The molecule has 2 aromatic heterocycles. The Hall–Kier alpha value is -2.26. The number of carbonyl (C=O) groups excluding carboxylic acids is 1. The molecule has 0 spiro atoms. The van der Waals surface area contributed by atoms with E-state index in [1.165, 1.54) is 11.3 Å². The Morgan fingerprint density at radius 2 is 2.23 bits per heavy atom. The molecular weight excluding hydrogens is 440 g/mol. The number of hydrogen-bond donors (Lipinski definition) is 1. The third-order valence-electron chi connectivity index (χ3n) is 6.25. The third kappa shape index (κ3) is 4.13. The van der Waals surface area contributed by atoms with Gasteiger partial charge in [-0.2, -0.15) is 5.10 Å². The minimum Gasteiger partial charge on any atom is -0.348 e. The van der Waals surface area contributed by atoms with Crippen molar-refractivity contribution in [2.75, 3.05) is 5.33 Å². The number of H-pyrrole nitrogens is 1. The van der Waals surface area contributed by atoms with E-state index >= 15 is 0 Å². The van der Waals surface area contributed by atoms with E-state index in [4.69, 9.17) is 6.42 Å². The Morgan fingerprint density at radius 1 is 1.40 bits per heavy atom. The number of nitrogens with one attached hydrogen (secondary N) is 1. The van der Waals surface area contributed by atoms with Gasteiger partial charge >= 0.3 is 0 Å². The lowest BCUT2D eigenvalue weighted by atomic mass is 9.91. The zero-order valence-electron chi connectivity index (χ0n) is 17.5. The van der Waals surface area contributed by atoms with E-state index in [1.807, 2.05) is 19.2 Å². The molecule has 0 aromatic carbocycles. The van der Waals surface area contributed by atoms with Crippen LogP contribution in [-0.2, 0) is 24.2 Å². The van der Waals surface area contributed by atoms with Crippen molar-refractivity contribution >= 4 is 33.5 Å². The van der Waals surface area contributed by atoms with Gasteiger partial charge in [-0.25, -0.2) is 0 Å². The molecule has 1 amide bonds. The predicted octanol–water partition coefficient (Wildman–Crippen LogP) is 2.52. The molecule has 6 heteroatoms. The average molecular weight is 469 g/mol. The van der Waals surface area contributed by atoms with Crippen LogP contribution in [0.2, 0.25) is 0 Å². The van der Waals surface area contributed by atoms with Gasteiger partial charge in [0.15, 0.2) is 0 Å². The molecule has 0 saturated heterocycles. The first kappa shape index (κ1) is 21.0. The Labute approximate surface area is 186 Å². The maximum absolute atomic E-state index is 13.7. The topological polar surface area (TPSA) is 53.9 Å². The standard InChI is InChI=1S/C24H29BrN4O/c1-3-20(21-11-14-28(23(21)4-2)13-6-5-12-25)24(30)29(18-7-8-18)19-9-10-22-17(15-19)16-26-27-22/h1,4,11,14,16,18-19H,5-10,12-13,15H2,2H3,(H,26,27)/b21-20+,23-4+. The molecule has 1 N–H and O–H groups in total. The van der Waals surface area contributed by atoms with Gasteiger partial charge in [-0.1, -0.05) is 27.9 Å². The average Bonchev–Trinajstić information content (AvgIpc) is 3.32. The number of rotatable bonds is 7. The zero-order chi connectivity index (χ0) is 21.1. The maximum Gasteiger partial charge on any atom is 0.263 e. The number of amides is 1. The van der Waals surface area contributed by atoms with E-state index < -0.39 is 0 Å². The molecule has 4 rings (SSSR count). The summed E-state index contributed by atoms with van der Waals surface area (Å²) in [7, 11) is 0. The first-order valence-electron chi connectivity index (χ1n) is 10.9. The molecule has 2 aromatic rings. The van der Waals surface area contributed by atoms with Crippen LogP contribution in [0, 0.1) is 12.3 Å². The fraction of sp³-hybridized carbons (Fsp3) is 0.500. The minimum atomic E-state index is 0.0123. The summed E-state index contributed by atoms with van der Waals surface area (Å²) < 4.78 is 2.21. The van der Waals surface area contributed by atoms with Crippen LogP contribution >= 0.6 is 15.9 Å². The summed E-state index contributed by atoms with van der Waals surface area (Å²) in [5.41, 5.74) is 2.93. The minimum absolute atomic E-state index is 0.0123. The summed E-state index contributed by atoms with van der Waals surface area (Å²) in [5, 5.41) is 10.2. The Kier molecular flexibility index (Phi) is 6.48. The number of aromatic nitrogens is 3. The lowest BCUT2D eigenvalue weighted by Crippen LogP contribution is -2.46. The summed E-state index contributed by atoms with van der Waals surface area (Å²) in [6, 6.07) is 2.51. The lowest BCUT2D eigenvalue weighted by Gasteiger charge is -2.34. The van der Waals surface area contributed by atoms with Crippen LogP contribution in [0.4, 0.5) is 0 Å². The second-order valence-corrected chi connectivity index (χ2v) is 9.02. The van der Waals surface area contributed by atoms with Gasteiger partial charge in [0.2, 0.25) is 0 Å². The van der Waals surface area contributed by atoms with Crippen molar-refractivity contribution in [1.82, 2.24) is 19.7 Å². The van der Waals surface area contributed by atoms with Gasteiger partial charge in [0, 0.05) is 46.4 Å². The predicted molar refractivity (Wildman–Crippen MR) is 123 cm³/mol. The lowest BCUT2D eigenvalue weighted by molar-refractivity contribution is -0.128. The van der Waals surface area contributed by atoms with Crippen molar-refractivity contribution in [3.05, 3.63) is 40.3 Å². The molecule has 2 aliphatic carbocycles. The molecule has 2 heterocycles. The summed E-state index contributed by atoms with van der Waals surface area (Å²) in [6.45, 7) is 2.94. The number of hydrogen-bond acceptors (Lipinski definition) is 2. The molecular formula is C24H29BrN4O. The number of unbranched alkanes of at least 4 members (excludes halogenated alkanes) is 1. The monoisotopic (exact) mass is 468 g/mol. The highest BCUT2D eigenvalue weighted by molar-refractivity contribution is 9.09. The van der Waals surface area contributed by atoms with Gasteiger partial charge in [-0.15, -0.1) is 6.42 Å². The van der Waals surface area contributed by atoms with E-state index in [1.54, 1.807) is 0 Å². The van der Waals surface area contributed by atoms with E-state index in [0.29, 0.717) is 11.6 Å². The van der Waals surface area contributed by atoms with Crippen LogP contribution in [-0.4, -0.2) is 43.0 Å². The van der Waals surface area contributed by atoms with Gasteiger partial charge in [0.25, 0.3) is 5.91 Å². The van der Waals surface area contributed by atoms with Gasteiger partial charge < -0.3 is 9.47 Å². The normalized spacial score (nSPS) is 19.9. The molecule has 158 valence electrons. The number of nitrogens with zero attached hydrogens (tertiary/aromatic N) is 3. The fourth-order valence-electron chi connectivity index (χ4n) is 4.59. The van der Waals surface area contributed by atoms with E-state index in [2.05, 4.69) is 53.8 Å². The molecule has 0 bridgehead atoms. The molecule has 30 heavy (non-hydrogen) atoms. The number of carbonyl (C=O) groups is 1. The van der Waals surface area contributed by atoms with Crippen molar-refractivity contribution in [2.45, 2.75) is 70.5 Å².